The lowest BCUT2D eigenvalue weighted by atomic mass is 10.0. The molecule has 1 atom stereocenters. The Kier molecular flexibility index (Phi) is 10.6. The molecule has 3 aromatic carbocycles. The lowest BCUT2D eigenvalue weighted by molar-refractivity contribution is -0.139. The minimum atomic E-state index is -0.574. The van der Waals surface area contributed by atoms with E-state index in [9.17, 15) is 9.59 Å². The van der Waals surface area contributed by atoms with Crippen molar-refractivity contribution in [2.75, 3.05) is 12.3 Å². The number of hydrogen-bond donors (Lipinski definition) is 1. The van der Waals surface area contributed by atoms with Gasteiger partial charge >= 0.3 is 0 Å². The second kappa shape index (κ2) is 13.9. The molecule has 0 aliphatic carbocycles. The van der Waals surface area contributed by atoms with Crippen molar-refractivity contribution in [3.63, 3.8) is 0 Å². The first-order chi connectivity index (χ1) is 17.4. The van der Waals surface area contributed by atoms with E-state index in [2.05, 4.69) is 49.5 Å². The maximum absolute atomic E-state index is 13.7. The quantitative estimate of drug-likeness (QED) is 0.330. The first-order valence-electron chi connectivity index (χ1n) is 12.7. The molecular weight excluding hydrogens is 464 g/mol. The van der Waals surface area contributed by atoms with Gasteiger partial charge in [-0.1, -0.05) is 96.4 Å². The van der Waals surface area contributed by atoms with Crippen LogP contribution < -0.4 is 5.32 Å². The van der Waals surface area contributed by atoms with Gasteiger partial charge in [-0.25, -0.2) is 0 Å². The number of carbonyl (C=O) groups excluding carboxylic acids is 2. The smallest absolute Gasteiger partial charge is 0.243 e. The molecule has 5 heteroatoms. The molecule has 3 rings (SSSR count). The standard InChI is InChI=1S/C31H38N2O2S/c1-5-15-32-31(35)29(19-26-9-7-6-8-10-26)33(20-27-13-11-23(2)12-14-27)30(34)22-36-21-28-17-24(3)16-25(4)18-28/h6-14,16-18,29H,5,15,19-22H2,1-4H3,(H,32,35). The number of nitrogens with zero attached hydrogens (tertiary/aromatic N) is 1. The molecule has 1 unspecified atom stereocenters. The zero-order valence-electron chi connectivity index (χ0n) is 21.9. The van der Waals surface area contributed by atoms with Crippen molar-refractivity contribution in [2.45, 2.75) is 58.9 Å². The van der Waals surface area contributed by atoms with Crippen molar-refractivity contribution in [3.05, 3.63) is 106 Å². The number of aryl methyl sites for hydroxylation is 3. The summed E-state index contributed by atoms with van der Waals surface area (Å²) in [6, 6.07) is 24.1. The summed E-state index contributed by atoms with van der Waals surface area (Å²) < 4.78 is 0. The fraction of sp³-hybridized carbons (Fsp3) is 0.355. The number of thioether (sulfide) groups is 1. The third kappa shape index (κ3) is 8.56. The van der Waals surface area contributed by atoms with E-state index in [0.717, 1.165) is 23.3 Å². The van der Waals surface area contributed by atoms with Gasteiger partial charge in [-0.05, 0) is 43.9 Å². The Hall–Kier alpha value is -3.05. The van der Waals surface area contributed by atoms with Crippen LogP contribution in [0.1, 0.15) is 46.7 Å². The van der Waals surface area contributed by atoms with Crippen LogP contribution in [0.2, 0.25) is 0 Å². The average molecular weight is 503 g/mol. The molecule has 0 heterocycles. The highest BCUT2D eigenvalue weighted by molar-refractivity contribution is 7.99. The van der Waals surface area contributed by atoms with Gasteiger partial charge in [0, 0.05) is 25.3 Å². The fourth-order valence-corrected chi connectivity index (χ4v) is 5.15. The largest absolute Gasteiger partial charge is 0.354 e. The first-order valence-corrected chi connectivity index (χ1v) is 13.8. The van der Waals surface area contributed by atoms with Gasteiger partial charge in [0.25, 0.3) is 0 Å². The van der Waals surface area contributed by atoms with E-state index in [1.807, 2.05) is 56.3 Å². The Morgan fingerprint density at radius 2 is 1.50 bits per heavy atom. The van der Waals surface area contributed by atoms with Crippen LogP contribution in [0.5, 0.6) is 0 Å². The van der Waals surface area contributed by atoms with Gasteiger partial charge in [0.1, 0.15) is 6.04 Å². The number of hydrogen-bond acceptors (Lipinski definition) is 3. The van der Waals surface area contributed by atoms with Gasteiger partial charge in [0.05, 0.1) is 5.75 Å². The van der Waals surface area contributed by atoms with Crippen molar-refractivity contribution in [1.29, 1.82) is 0 Å². The second-order valence-electron chi connectivity index (χ2n) is 9.49. The summed E-state index contributed by atoms with van der Waals surface area (Å²) in [7, 11) is 0. The summed E-state index contributed by atoms with van der Waals surface area (Å²) in [4.78, 5) is 28.8. The molecule has 190 valence electrons. The molecule has 4 nitrogen and oxygen atoms in total. The van der Waals surface area contributed by atoms with Crippen LogP contribution in [0, 0.1) is 20.8 Å². The van der Waals surface area contributed by atoms with E-state index in [1.54, 1.807) is 16.7 Å². The highest BCUT2D eigenvalue weighted by Gasteiger charge is 2.30. The lowest BCUT2D eigenvalue weighted by Crippen LogP contribution is -2.51. The Morgan fingerprint density at radius 1 is 0.833 bits per heavy atom. The molecule has 0 spiro atoms. The third-order valence-corrected chi connectivity index (χ3v) is 7.06. The minimum absolute atomic E-state index is 0.0162. The van der Waals surface area contributed by atoms with Crippen molar-refractivity contribution in [2.24, 2.45) is 0 Å². The van der Waals surface area contributed by atoms with Crippen LogP contribution in [-0.2, 0) is 28.3 Å². The Labute approximate surface area is 220 Å². The van der Waals surface area contributed by atoms with Crippen molar-refractivity contribution < 1.29 is 9.59 Å². The molecule has 0 saturated heterocycles. The van der Waals surface area contributed by atoms with Gasteiger partial charge in [0.2, 0.25) is 11.8 Å². The first kappa shape index (κ1) is 27.5. The number of amides is 2. The Bertz CT molecular complexity index is 1110. The highest BCUT2D eigenvalue weighted by Crippen LogP contribution is 2.20. The van der Waals surface area contributed by atoms with Gasteiger partial charge in [-0.3, -0.25) is 9.59 Å². The summed E-state index contributed by atoms with van der Waals surface area (Å²) in [5, 5.41) is 3.04. The van der Waals surface area contributed by atoms with E-state index in [1.165, 1.54) is 22.3 Å². The van der Waals surface area contributed by atoms with Crippen LogP contribution in [0.3, 0.4) is 0 Å². The van der Waals surface area contributed by atoms with Crippen LogP contribution >= 0.6 is 11.8 Å². The summed E-state index contributed by atoms with van der Waals surface area (Å²) in [5.74, 6) is 0.974. The summed E-state index contributed by atoms with van der Waals surface area (Å²) in [6.07, 6.45) is 1.33. The molecule has 1 N–H and O–H groups in total. The molecule has 0 saturated carbocycles. The van der Waals surface area contributed by atoms with Crippen LogP contribution in [0.15, 0.2) is 72.8 Å². The zero-order valence-corrected chi connectivity index (χ0v) is 22.7. The molecule has 0 aliphatic rings. The molecular formula is C31H38N2O2S. The topological polar surface area (TPSA) is 49.4 Å². The number of rotatable bonds is 12. The Balaban J connectivity index is 1.83. The maximum atomic E-state index is 13.7. The molecule has 0 fully saturated rings. The summed E-state index contributed by atoms with van der Waals surface area (Å²) >= 11 is 1.60. The molecule has 0 aromatic heterocycles. The SMILES string of the molecule is CCCNC(=O)C(Cc1ccccc1)N(Cc1ccc(C)cc1)C(=O)CSCc1cc(C)cc(C)c1. The van der Waals surface area contributed by atoms with Crippen LogP contribution in [0.25, 0.3) is 0 Å². The molecule has 3 aromatic rings. The molecule has 2 amide bonds. The average Bonchev–Trinajstić information content (AvgIpc) is 2.85. The van der Waals surface area contributed by atoms with Crippen molar-refractivity contribution in [1.82, 2.24) is 10.2 Å². The normalized spacial score (nSPS) is 11.7. The Morgan fingerprint density at radius 3 is 2.14 bits per heavy atom. The fourth-order valence-electron chi connectivity index (χ4n) is 4.30. The van der Waals surface area contributed by atoms with Gasteiger partial charge in [-0.15, -0.1) is 11.8 Å². The van der Waals surface area contributed by atoms with Crippen molar-refractivity contribution in [3.8, 4) is 0 Å². The van der Waals surface area contributed by atoms with Gasteiger partial charge in [-0.2, -0.15) is 0 Å². The van der Waals surface area contributed by atoms with Gasteiger partial charge < -0.3 is 10.2 Å². The summed E-state index contributed by atoms with van der Waals surface area (Å²) in [5.41, 5.74) is 6.91. The van der Waals surface area contributed by atoms with Crippen LogP contribution in [0.4, 0.5) is 0 Å². The number of nitrogens with one attached hydrogen (secondary N) is 1. The van der Waals surface area contributed by atoms with E-state index in [4.69, 9.17) is 0 Å². The molecule has 36 heavy (non-hydrogen) atoms. The summed E-state index contributed by atoms with van der Waals surface area (Å²) in [6.45, 7) is 9.27. The van der Waals surface area contributed by atoms with E-state index in [-0.39, 0.29) is 11.8 Å². The highest BCUT2D eigenvalue weighted by atomic mass is 32.2. The third-order valence-electron chi connectivity index (χ3n) is 6.07. The predicted molar refractivity (Wildman–Crippen MR) is 151 cm³/mol. The predicted octanol–water partition coefficient (Wildman–Crippen LogP) is 6.01. The minimum Gasteiger partial charge on any atom is -0.354 e. The molecule has 0 aliphatic heterocycles. The van der Waals surface area contributed by atoms with E-state index in [0.29, 0.717) is 25.3 Å². The zero-order chi connectivity index (χ0) is 25.9. The van der Waals surface area contributed by atoms with Crippen LogP contribution in [-0.4, -0.2) is 35.1 Å². The number of carbonyl (C=O) groups is 2. The number of benzene rings is 3. The van der Waals surface area contributed by atoms with E-state index < -0.39 is 6.04 Å². The molecule has 0 radical (unpaired) electrons. The second-order valence-corrected chi connectivity index (χ2v) is 10.5. The monoisotopic (exact) mass is 502 g/mol. The molecule has 0 bridgehead atoms. The van der Waals surface area contributed by atoms with Gasteiger partial charge in [0.15, 0.2) is 0 Å². The van der Waals surface area contributed by atoms with Crippen molar-refractivity contribution >= 4 is 23.6 Å². The van der Waals surface area contributed by atoms with E-state index >= 15 is 0 Å². The maximum Gasteiger partial charge on any atom is 0.243 e. The lowest BCUT2D eigenvalue weighted by Gasteiger charge is -2.31.